The highest BCUT2D eigenvalue weighted by Gasteiger charge is 2.19. The summed E-state index contributed by atoms with van der Waals surface area (Å²) in [6.07, 6.45) is 0.687. The number of carbonyl (C=O) groups excluding carboxylic acids is 2. The van der Waals surface area contributed by atoms with E-state index in [1.807, 2.05) is 44.2 Å². The molecule has 2 amide bonds. The Labute approximate surface area is 183 Å². The number of carbonyl (C=O) groups is 2. The van der Waals surface area contributed by atoms with Gasteiger partial charge in [-0.2, -0.15) is 10.2 Å². The number of hydrogen-bond acceptors (Lipinski definition) is 5. The summed E-state index contributed by atoms with van der Waals surface area (Å²) in [7, 11) is 0. The van der Waals surface area contributed by atoms with Crippen LogP contribution in [0.1, 0.15) is 40.0 Å². The van der Waals surface area contributed by atoms with Gasteiger partial charge in [-0.25, -0.2) is 9.36 Å². The highest BCUT2D eigenvalue weighted by Crippen LogP contribution is 2.14. The van der Waals surface area contributed by atoms with Gasteiger partial charge in [0.15, 0.2) is 11.4 Å². The molecule has 162 valence electrons. The van der Waals surface area contributed by atoms with E-state index < -0.39 is 11.8 Å². The third kappa shape index (κ3) is 4.00. The van der Waals surface area contributed by atoms with Crippen LogP contribution in [0.25, 0.3) is 16.5 Å². The van der Waals surface area contributed by atoms with Crippen LogP contribution in [0.3, 0.4) is 0 Å². The van der Waals surface area contributed by atoms with Gasteiger partial charge in [-0.05, 0) is 37.6 Å². The van der Waals surface area contributed by atoms with Crippen LogP contribution in [0, 0.1) is 6.92 Å². The van der Waals surface area contributed by atoms with Gasteiger partial charge in [0.05, 0.1) is 11.1 Å². The maximum absolute atomic E-state index is 12.8. The maximum atomic E-state index is 12.8. The van der Waals surface area contributed by atoms with Gasteiger partial charge in [0.25, 0.3) is 17.4 Å². The number of amides is 2. The Kier molecular flexibility index (Phi) is 5.80. The van der Waals surface area contributed by atoms with Crippen molar-refractivity contribution in [2.75, 3.05) is 0 Å². The standard InChI is InChI=1S/C23H22N6O3/c1-3-13-28-23(32)18-12-8-7-11-17(18)20(27-28)22(31)25-24-21(30)19-14-15(2)29(26-19)16-9-5-4-6-10-16/h4-12,14H,3,13H2,1-2H3,(H,24,30)(H,25,31). The smallest absolute Gasteiger partial charge is 0.267 e. The van der Waals surface area contributed by atoms with Gasteiger partial charge in [0.1, 0.15) is 0 Å². The maximum Gasteiger partial charge on any atom is 0.290 e. The lowest BCUT2D eigenvalue weighted by atomic mass is 10.1. The number of nitrogens with one attached hydrogen (secondary N) is 2. The monoisotopic (exact) mass is 430 g/mol. The van der Waals surface area contributed by atoms with E-state index in [1.165, 1.54) is 4.68 Å². The predicted octanol–water partition coefficient (Wildman–Crippen LogP) is 2.38. The minimum atomic E-state index is -0.626. The average molecular weight is 430 g/mol. The number of nitrogens with zero attached hydrogens (tertiary/aromatic N) is 4. The van der Waals surface area contributed by atoms with Crippen molar-refractivity contribution in [2.24, 2.45) is 0 Å². The molecule has 2 aromatic carbocycles. The van der Waals surface area contributed by atoms with E-state index >= 15 is 0 Å². The Balaban J connectivity index is 1.56. The zero-order chi connectivity index (χ0) is 22.7. The van der Waals surface area contributed by atoms with Crippen LogP contribution in [0.4, 0.5) is 0 Å². The number of fused-ring (bicyclic) bond motifs is 1. The van der Waals surface area contributed by atoms with Crippen molar-refractivity contribution in [3.05, 3.63) is 88.1 Å². The first-order chi connectivity index (χ1) is 15.5. The highest BCUT2D eigenvalue weighted by atomic mass is 16.2. The van der Waals surface area contributed by atoms with Crippen molar-refractivity contribution in [3.63, 3.8) is 0 Å². The number of rotatable bonds is 5. The van der Waals surface area contributed by atoms with Crippen LogP contribution in [0.2, 0.25) is 0 Å². The molecule has 0 fully saturated rings. The predicted molar refractivity (Wildman–Crippen MR) is 120 cm³/mol. The largest absolute Gasteiger partial charge is 0.290 e. The van der Waals surface area contributed by atoms with Crippen LogP contribution in [-0.4, -0.2) is 31.4 Å². The molecule has 0 radical (unpaired) electrons. The SMILES string of the molecule is CCCn1nc(C(=O)NNC(=O)c2cc(C)n(-c3ccccc3)n2)c2ccccc2c1=O. The van der Waals surface area contributed by atoms with Gasteiger partial charge >= 0.3 is 0 Å². The van der Waals surface area contributed by atoms with Gasteiger partial charge < -0.3 is 0 Å². The van der Waals surface area contributed by atoms with Gasteiger partial charge in [-0.15, -0.1) is 0 Å². The lowest BCUT2D eigenvalue weighted by Crippen LogP contribution is -2.43. The number of aromatic nitrogens is 4. The quantitative estimate of drug-likeness (QED) is 0.472. The molecule has 0 atom stereocenters. The fourth-order valence-electron chi connectivity index (χ4n) is 3.42. The molecule has 0 aliphatic rings. The fourth-order valence-corrected chi connectivity index (χ4v) is 3.42. The van der Waals surface area contributed by atoms with Crippen molar-refractivity contribution < 1.29 is 9.59 Å². The van der Waals surface area contributed by atoms with Crippen molar-refractivity contribution >= 4 is 22.6 Å². The highest BCUT2D eigenvalue weighted by molar-refractivity contribution is 6.05. The molecule has 0 saturated heterocycles. The van der Waals surface area contributed by atoms with E-state index in [1.54, 1.807) is 35.0 Å². The summed E-state index contributed by atoms with van der Waals surface area (Å²) in [5, 5.41) is 9.35. The number of hydrazine groups is 1. The normalized spacial score (nSPS) is 10.8. The summed E-state index contributed by atoms with van der Waals surface area (Å²) in [6.45, 7) is 4.13. The number of aryl methyl sites for hydroxylation is 2. The molecule has 0 aliphatic carbocycles. The molecule has 2 N–H and O–H groups in total. The number of para-hydroxylation sites is 1. The lowest BCUT2D eigenvalue weighted by molar-refractivity contribution is 0.0840. The molecule has 2 aromatic heterocycles. The minimum Gasteiger partial charge on any atom is -0.267 e. The van der Waals surface area contributed by atoms with Crippen LogP contribution >= 0.6 is 0 Å². The van der Waals surface area contributed by atoms with E-state index in [-0.39, 0.29) is 16.9 Å². The molecule has 32 heavy (non-hydrogen) atoms. The second-order valence-corrected chi connectivity index (χ2v) is 7.25. The van der Waals surface area contributed by atoms with Gasteiger partial charge in [-0.1, -0.05) is 43.3 Å². The first-order valence-corrected chi connectivity index (χ1v) is 10.2. The van der Waals surface area contributed by atoms with Crippen molar-refractivity contribution in [3.8, 4) is 5.69 Å². The Morgan fingerprint density at radius 3 is 2.28 bits per heavy atom. The van der Waals surface area contributed by atoms with Gasteiger partial charge in [0.2, 0.25) is 0 Å². The summed E-state index contributed by atoms with van der Waals surface area (Å²) in [4.78, 5) is 38.0. The molecule has 2 heterocycles. The van der Waals surface area contributed by atoms with Crippen LogP contribution in [-0.2, 0) is 6.54 Å². The summed E-state index contributed by atoms with van der Waals surface area (Å²) >= 11 is 0. The third-order valence-electron chi connectivity index (χ3n) is 4.93. The van der Waals surface area contributed by atoms with E-state index in [0.717, 1.165) is 11.4 Å². The zero-order valence-electron chi connectivity index (χ0n) is 17.7. The van der Waals surface area contributed by atoms with E-state index in [4.69, 9.17) is 0 Å². The number of benzene rings is 2. The fraction of sp³-hybridized carbons (Fsp3) is 0.174. The van der Waals surface area contributed by atoms with Crippen LogP contribution in [0.5, 0.6) is 0 Å². The van der Waals surface area contributed by atoms with Gasteiger partial charge in [0, 0.05) is 17.6 Å². The third-order valence-corrected chi connectivity index (χ3v) is 4.93. The number of hydrogen-bond donors (Lipinski definition) is 2. The van der Waals surface area contributed by atoms with Crippen LogP contribution < -0.4 is 16.4 Å². The lowest BCUT2D eigenvalue weighted by Gasteiger charge is -2.11. The minimum absolute atomic E-state index is 0.0555. The summed E-state index contributed by atoms with van der Waals surface area (Å²) in [5.41, 5.74) is 6.30. The molecular formula is C23H22N6O3. The van der Waals surface area contributed by atoms with Crippen molar-refractivity contribution in [1.82, 2.24) is 30.4 Å². The van der Waals surface area contributed by atoms with Crippen molar-refractivity contribution in [1.29, 1.82) is 0 Å². The summed E-state index contributed by atoms with van der Waals surface area (Å²) in [5.74, 6) is -1.19. The zero-order valence-corrected chi connectivity index (χ0v) is 17.7. The molecule has 0 aliphatic heterocycles. The van der Waals surface area contributed by atoms with E-state index in [9.17, 15) is 14.4 Å². The Bertz CT molecular complexity index is 1360. The Hall–Kier alpha value is -4.27. The Morgan fingerprint density at radius 1 is 0.906 bits per heavy atom. The van der Waals surface area contributed by atoms with E-state index in [0.29, 0.717) is 23.7 Å². The summed E-state index contributed by atoms with van der Waals surface area (Å²) in [6, 6.07) is 17.8. The first kappa shape index (κ1) is 21.0. The van der Waals surface area contributed by atoms with E-state index in [2.05, 4.69) is 21.0 Å². The van der Waals surface area contributed by atoms with Crippen molar-refractivity contribution in [2.45, 2.75) is 26.8 Å². The molecule has 0 spiro atoms. The molecular weight excluding hydrogens is 408 g/mol. The molecule has 4 rings (SSSR count). The Morgan fingerprint density at radius 2 is 1.56 bits per heavy atom. The van der Waals surface area contributed by atoms with Gasteiger partial charge in [-0.3, -0.25) is 25.2 Å². The molecule has 9 heteroatoms. The molecule has 0 saturated carbocycles. The molecule has 4 aromatic rings. The molecule has 9 nitrogen and oxygen atoms in total. The summed E-state index contributed by atoms with van der Waals surface area (Å²) < 4.78 is 2.91. The molecule has 0 bridgehead atoms. The molecule has 0 unspecified atom stereocenters. The second kappa shape index (κ2) is 8.84. The average Bonchev–Trinajstić information content (AvgIpc) is 3.21. The topological polar surface area (TPSA) is 111 Å². The second-order valence-electron chi connectivity index (χ2n) is 7.25. The van der Waals surface area contributed by atoms with Crippen LogP contribution in [0.15, 0.2) is 65.5 Å². The first-order valence-electron chi connectivity index (χ1n) is 10.2.